The summed E-state index contributed by atoms with van der Waals surface area (Å²) < 4.78 is 5.60. The number of ether oxygens (including phenoxy) is 1. The van der Waals surface area contributed by atoms with Crippen molar-refractivity contribution in [3.63, 3.8) is 0 Å². The molecule has 1 aromatic heterocycles. The van der Waals surface area contributed by atoms with Crippen LogP contribution in [0, 0.1) is 0 Å². The number of rotatable bonds is 7. The quantitative estimate of drug-likeness (QED) is 0.723. The Morgan fingerprint density at radius 3 is 2.78 bits per heavy atom. The maximum absolute atomic E-state index is 11.6. The summed E-state index contributed by atoms with van der Waals surface area (Å²) in [4.78, 5) is 18.8. The molecule has 1 heterocycles. The van der Waals surface area contributed by atoms with Gasteiger partial charge in [-0.05, 0) is 33.7 Å². The van der Waals surface area contributed by atoms with Crippen LogP contribution in [0.25, 0.3) is 0 Å². The molecule has 0 aliphatic heterocycles. The van der Waals surface area contributed by atoms with Crippen LogP contribution in [-0.4, -0.2) is 23.1 Å². The molecule has 0 spiro atoms. The van der Waals surface area contributed by atoms with E-state index < -0.39 is 5.60 Å². The summed E-state index contributed by atoms with van der Waals surface area (Å²) in [5, 5.41) is 3.23. The summed E-state index contributed by atoms with van der Waals surface area (Å²) in [7, 11) is 0. The summed E-state index contributed by atoms with van der Waals surface area (Å²) >= 11 is 0. The predicted molar refractivity (Wildman–Crippen MR) is 71.5 cm³/mol. The third-order valence-electron chi connectivity index (χ3n) is 2.60. The zero-order valence-corrected chi connectivity index (χ0v) is 11.7. The minimum atomic E-state index is -0.575. The van der Waals surface area contributed by atoms with Gasteiger partial charge in [0.05, 0.1) is 5.69 Å². The molecule has 0 aromatic carbocycles. The smallest absolute Gasteiger partial charge is 0.251 e. The first kappa shape index (κ1) is 14.9. The van der Waals surface area contributed by atoms with Crippen LogP contribution in [0.3, 0.4) is 0 Å². The van der Waals surface area contributed by atoms with E-state index in [-0.39, 0.29) is 5.56 Å². The molecular weight excluding hydrogens is 230 g/mol. The molecule has 2 N–H and O–H groups in total. The van der Waals surface area contributed by atoms with E-state index in [1.165, 1.54) is 6.07 Å². The second kappa shape index (κ2) is 6.66. The van der Waals surface area contributed by atoms with Gasteiger partial charge in [0.1, 0.15) is 11.4 Å². The van der Waals surface area contributed by atoms with Gasteiger partial charge in [-0.1, -0.05) is 6.92 Å². The Morgan fingerprint density at radius 2 is 2.17 bits per heavy atom. The van der Waals surface area contributed by atoms with Crippen LogP contribution < -0.4 is 10.9 Å². The lowest BCUT2D eigenvalue weighted by atomic mass is 10.1. The second-order valence-corrected chi connectivity index (χ2v) is 4.71. The molecule has 5 nitrogen and oxygen atoms in total. The fourth-order valence-corrected chi connectivity index (χ4v) is 1.71. The molecule has 1 rings (SSSR count). The Kier molecular flexibility index (Phi) is 5.50. The van der Waals surface area contributed by atoms with Gasteiger partial charge in [0.2, 0.25) is 0 Å². The number of H-pyrrole nitrogens is 1. The molecular formula is C13H23N3O2. The molecule has 0 unspecified atom stereocenters. The van der Waals surface area contributed by atoms with E-state index in [1.54, 1.807) is 0 Å². The van der Waals surface area contributed by atoms with E-state index in [0.717, 1.165) is 18.7 Å². The molecule has 102 valence electrons. The van der Waals surface area contributed by atoms with E-state index in [9.17, 15) is 4.79 Å². The van der Waals surface area contributed by atoms with E-state index in [2.05, 4.69) is 22.2 Å². The summed E-state index contributed by atoms with van der Waals surface area (Å²) in [6, 6.07) is 1.52. The van der Waals surface area contributed by atoms with Crippen molar-refractivity contribution in [1.82, 2.24) is 15.3 Å². The van der Waals surface area contributed by atoms with Gasteiger partial charge in [-0.2, -0.15) is 0 Å². The van der Waals surface area contributed by atoms with E-state index in [0.29, 0.717) is 19.0 Å². The van der Waals surface area contributed by atoms with E-state index >= 15 is 0 Å². The molecule has 0 aliphatic carbocycles. The van der Waals surface area contributed by atoms with Gasteiger partial charge in [-0.25, -0.2) is 4.98 Å². The zero-order valence-electron chi connectivity index (χ0n) is 11.7. The van der Waals surface area contributed by atoms with Crippen LogP contribution >= 0.6 is 0 Å². The van der Waals surface area contributed by atoms with Gasteiger partial charge < -0.3 is 15.0 Å². The Hall–Kier alpha value is -1.20. The number of nitrogens with one attached hydrogen (secondary N) is 2. The van der Waals surface area contributed by atoms with Crippen molar-refractivity contribution in [3.05, 3.63) is 27.9 Å². The SMILES string of the molecule is CCCNCc1cc(=O)[nH]c(C(C)(C)OCC)n1. The molecule has 0 bridgehead atoms. The summed E-state index contributed by atoms with van der Waals surface area (Å²) in [5.74, 6) is 0.574. The Bertz CT molecular complexity index is 426. The van der Waals surface area contributed by atoms with Crippen LogP contribution in [0.2, 0.25) is 0 Å². The van der Waals surface area contributed by atoms with Crippen LogP contribution in [0.1, 0.15) is 45.6 Å². The average Bonchev–Trinajstić information content (AvgIpc) is 2.28. The fraction of sp³-hybridized carbons (Fsp3) is 0.692. The zero-order chi connectivity index (χ0) is 13.6. The molecule has 5 heteroatoms. The Morgan fingerprint density at radius 1 is 1.44 bits per heavy atom. The summed E-state index contributed by atoms with van der Waals surface area (Å²) in [6.45, 7) is 9.92. The Balaban J connectivity index is 2.90. The van der Waals surface area contributed by atoms with Gasteiger partial charge in [0.25, 0.3) is 5.56 Å². The number of hydrogen-bond acceptors (Lipinski definition) is 4. The topological polar surface area (TPSA) is 67.0 Å². The highest BCUT2D eigenvalue weighted by Gasteiger charge is 2.24. The van der Waals surface area contributed by atoms with Crippen molar-refractivity contribution in [3.8, 4) is 0 Å². The molecule has 0 saturated heterocycles. The predicted octanol–water partition coefficient (Wildman–Crippen LogP) is 1.54. The molecule has 0 saturated carbocycles. The standard InChI is InChI=1S/C13H23N3O2/c1-5-7-14-9-10-8-11(17)16-12(15-10)13(3,4)18-6-2/h8,14H,5-7,9H2,1-4H3,(H,15,16,17). The van der Waals surface area contributed by atoms with Crippen molar-refractivity contribution in [1.29, 1.82) is 0 Å². The van der Waals surface area contributed by atoms with Crippen LogP contribution in [0.5, 0.6) is 0 Å². The first-order valence-electron chi connectivity index (χ1n) is 6.45. The van der Waals surface area contributed by atoms with Gasteiger partial charge in [-0.15, -0.1) is 0 Å². The molecule has 1 aromatic rings. The molecule has 18 heavy (non-hydrogen) atoms. The lowest BCUT2D eigenvalue weighted by Gasteiger charge is -2.23. The number of hydrogen-bond donors (Lipinski definition) is 2. The minimum Gasteiger partial charge on any atom is -0.368 e. The maximum atomic E-state index is 11.6. The van der Waals surface area contributed by atoms with Crippen molar-refractivity contribution < 1.29 is 4.74 Å². The summed E-state index contributed by atoms with van der Waals surface area (Å²) in [6.07, 6.45) is 1.06. The minimum absolute atomic E-state index is 0.138. The third kappa shape index (κ3) is 4.23. The Labute approximate surface area is 108 Å². The van der Waals surface area contributed by atoms with Crippen molar-refractivity contribution in [2.45, 2.75) is 46.3 Å². The highest BCUT2D eigenvalue weighted by molar-refractivity contribution is 5.07. The van der Waals surface area contributed by atoms with Gasteiger partial charge in [0, 0.05) is 19.2 Å². The molecule has 0 atom stereocenters. The monoisotopic (exact) mass is 253 g/mol. The number of nitrogens with zero attached hydrogens (tertiary/aromatic N) is 1. The maximum Gasteiger partial charge on any atom is 0.251 e. The summed E-state index contributed by atoms with van der Waals surface area (Å²) in [5.41, 5.74) is 0.0327. The highest BCUT2D eigenvalue weighted by Crippen LogP contribution is 2.19. The third-order valence-corrected chi connectivity index (χ3v) is 2.60. The van der Waals surface area contributed by atoms with Crippen molar-refractivity contribution >= 4 is 0 Å². The lowest BCUT2D eigenvalue weighted by Crippen LogP contribution is -2.29. The van der Waals surface area contributed by atoms with Crippen molar-refractivity contribution in [2.24, 2.45) is 0 Å². The van der Waals surface area contributed by atoms with Crippen molar-refractivity contribution in [2.75, 3.05) is 13.2 Å². The largest absolute Gasteiger partial charge is 0.368 e. The lowest BCUT2D eigenvalue weighted by molar-refractivity contribution is -0.0211. The number of aromatic nitrogens is 2. The van der Waals surface area contributed by atoms with E-state index in [1.807, 2.05) is 20.8 Å². The molecule has 0 amide bonds. The first-order valence-corrected chi connectivity index (χ1v) is 6.45. The molecule has 0 fully saturated rings. The average molecular weight is 253 g/mol. The second-order valence-electron chi connectivity index (χ2n) is 4.71. The fourth-order valence-electron chi connectivity index (χ4n) is 1.71. The van der Waals surface area contributed by atoms with Crippen LogP contribution in [-0.2, 0) is 16.9 Å². The normalized spacial score (nSPS) is 11.8. The van der Waals surface area contributed by atoms with Crippen LogP contribution in [0.15, 0.2) is 10.9 Å². The van der Waals surface area contributed by atoms with Gasteiger partial charge in [0.15, 0.2) is 0 Å². The number of aromatic amines is 1. The molecule has 0 aliphatic rings. The molecule has 0 radical (unpaired) electrons. The first-order chi connectivity index (χ1) is 8.49. The van der Waals surface area contributed by atoms with Crippen LogP contribution in [0.4, 0.5) is 0 Å². The van der Waals surface area contributed by atoms with E-state index in [4.69, 9.17) is 4.74 Å². The van der Waals surface area contributed by atoms with Gasteiger partial charge in [-0.3, -0.25) is 4.79 Å². The highest BCUT2D eigenvalue weighted by atomic mass is 16.5. The van der Waals surface area contributed by atoms with Gasteiger partial charge >= 0.3 is 0 Å².